The lowest BCUT2D eigenvalue weighted by Gasteiger charge is -2.27. The first kappa shape index (κ1) is 12.2. The molecule has 86 valence electrons. The van der Waals surface area contributed by atoms with Crippen LogP contribution in [-0.4, -0.2) is 35.1 Å². The number of carbonyl (C=O) groups is 1. The third kappa shape index (κ3) is 3.34. The number of carboxylic acids is 1. The topological polar surface area (TPSA) is 40.5 Å². The first-order valence-corrected chi connectivity index (χ1v) is 5.84. The number of hydrogen-bond acceptors (Lipinski definition) is 2. The fourth-order valence-electron chi connectivity index (χ4n) is 2.15. The summed E-state index contributed by atoms with van der Waals surface area (Å²) >= 11 is 0. The van der Waals surface area contributed by atoms with Crippen LogP contribution >= 0.6 is 0 Å². The van der Waals surface area contributed by atoms with Gasteiger partial charge < -0.3 is 5.11 Å². The average Bonchev–Trinajstić information content (AvgIpc) is 2.66. The van der Waals surface area contributed by atoms with Gasteiger partial charge in [0.1, 0.15) is 0 Å². The molecule has 1 aliphatic rings. The molecule has 0 spiro atoms. The van der Waals surface area contributed by atoms with Crippen LogP contribution in [0.4, 0.5) is 0 Å². The van der Waals surface area contributed by atoms with E-state index in [9.17, 15) is 4.79 Å². The molecule has 3 heteroatoms. The maximum absolute atomic E-state index is 10.8. The molecule has 1 rings (SSSR count). The summed E-state index contributed by atoms with van der Waals surface area (Å²) in [5.41, 5.74) is 0. The van der Waals surface area contributed by atoms with Gasteiger partial charge in [0.05, 0.1) is 5.92 Å². The maximum atomic E-state index is 10.8. The van der Waals surface area contributed by atoms with Crippen LogP contribution in [0.25, 0.3) is 0 Å². The molecule has 2 atom stereocenters. The lowest BCUT2D eigenvalue weighted by atomic mass is 10.1. The van der Waals surface area contributed by atoms with Crippen molar-refractivity contribution < 1.29 is 9.90 Å². The van der Waals surface area contributed by atoms with E-state index in [1.165, 1.54) is 0 Å². The normalized spacial score (nSPS) is 25.0. The van der Waals surface area contributed by atoms with Gasteiger partial charge in [-0.2, -0.15) is 0 Å². The fraction of sp³-hybridized carbons (Fsp3) is 0.750. The molecule has 0 aromatic carbocycles. The zero-order valence-corrected chi connectivity index (χ0v) is 9.65. The average molecular weight is 211 g/mol. The Bertz CT molecular complexity index is 232. The molecule has 15 heavy (non-hydrogen) atoms. The highest BCUT2D eigenvalue weighted by Gasteiger charge is 2.27. The van der Waals surface area contributed by atoms with E-state index in [1.807, 2.05) is 6.08 Å². The lowest BCUT2D eigenvalue weighted by molar-refractivity contribution is -0.140. The Hall–Kier alpha value is -0.830. The van der Waals surface area contributed by atoms with Crippen LogP contribution in [0.3, 0.4) is 0 Å². The Labute approximate surface area is 91.8 Å². The molecule has 2 unspecified atom stereocenters. The van der Waals surface area contributed by atoms with Gasteiger partial charge in [0, 0.05) is 6.04 Å². The van der Waals surface area contributed by atoms with E-state index in [1.54, 1.807) is 0 Å². The van der Waals surface area contributed by atoms with Crippen molar-refractivity contribution in [3.8, 4) is 0 Å². The van der Waals surface area contributed by atoms with E-state index >= 15 is 0 Å². The molecule has 0 radical (unpaired) electrons. The zero-order valence-electron chi connectivity index (χ0n) is 9.65. The highest BCUT2D eigenvalue weighted by atomic mass is 16.4. The van der Waals surface area contributed by atoms with Gasteiger partial charge in [0.15, 0.2) is 0 Å². The van der Waals surface area contributed by atoms with Crippen molar-refractivity contribution >= 4 is 5.97 Å². The van der Waals surface area contributed by atoms with Gasteiger partial charge in [-0.25, -0.2) is 0 Å². The summed E-state index contributed by atoms with van der Waals surface area (Å²) in [7, 11) is 0. The Kier molecular flexibility index (Phi) is 4.82. The summed E-state index contributed by atoms with van der Waals surface area (Å²) in [6, 6.07) is 0.339. The highest BCUT2D eigenvalue weighted by molar-refractivity contribution is 5.73. The van der Waals surface area contributed by atoms with E-state index < -0.39 is 5.97 Å². The first-order chi connectivity index (χ1) is 7.19. The minimum absolute atomic E-state index is 0.272. The quantitative estimate of drug-likeness (QED) is 0.684. The zero-order chi connectivity index (χ0) is 11.3. The van der Waals surface area contributed by atoms with Crippen LogP contribution < -0.4 is 0 Å². The van der Waals surface area contributed by atoms with Crippen molar-refractivity contribution in [2.75, 3.05) is 13.1 Å². The molecule has 0 heterocycles. The largest absolute Gasteiger partial charge is 0.481 e. The molecule has 1 N–H and O–H groups in total. The molecule has 1 aliphatic carbocycles. The van der Waals surface area contributed by atoms with Gasteiger partial charge in [0.2, 0.25) is 0 Å². The second kappa shape index (κ2) is 5.91. The molecule has 0 bridgehead atoms. The molecule has 0 aromatic heterocycles. The summed E-state index contributed by atoms with van der Waals surface area (Å²) in [4.78, 5) is 13.2. The number of hydrogen-bond donors (Lipinski definition) is 1. The number of aliphatic carboxylic acids is 1. The van der Waals surface area contributed by atoms with Crippen LogP contribution in [0.1, 0.15) is 33.1 Å². The second-order valence-electron chi connectivity index (χ2n) is 4.17. The van der Waals surface area contributed by atoms with Gasteiger partial charge in [0.25, 0.3) is 0 Å². The van der Waals surface area contributed by atoms with E-state index in [0.717, 1.165) is 32.4 Å². The number of carboxylic acid groups (broad SMARTS) is 1. The summed E-state index contributed by atoms with van der Waals surface area (Å²) in [6.07, 6.45) is 6.90. The molecule has 0 saturated carbocycles. The van der Waals surface area contributed by atoms with Crippen LogP contribution in [0.2, 0.25) is 0 Å². The van der Waals surface area contributed by atoms with Crippen LogP contribution in [-0.2, 0) is 4.79 Å². The van der Waals surface area contributed by atoms with E-state index in [2.05, 4.69) is 24.8 Å². The second-order valence-corrected chi connectivity index (χ2v) is 4.17. The third-order valence-electron chi connectivity index (χ3n) is 2.87. The minimum Gasteiger partial charge on any atom is -0.481 e. The van der Waals surface area contributed by atoms with Crippen molar-refractivity contribution in [2.24, 2.45) is 5.92 Å². The van der Waals surface area contributed by atoms with E-state index in [4.69, 9.17) is 5.11 Å². The van der Waals surface area contributed by atoms with Gasteiger partial charge in [-0.05, 0) is 32.4 Å². The predicted octanol–water partition coefficient (Wildman–Crippen LogP) is 2.14. The molecule has 3 nitrogen and oxygen atoms in total. The van der Waals surface area contributed by atoms with Gasteiger partial charge in [-0.3, -0.25) is 9.69 Å². The maximum Gasteiger partial charge on any atom is 0.310 e. The predicted molar refractivity (Wildman–Crippen MR) is 60.8 cm³/mol. The molecule has 0 saturated heterocycles. The van der Waals surface area contributed by atoms with Gasteiger partial charge >= 0.3 is 5.97 Å². The molecular formula is C12H21NO2. The van der Waals surface area contributed by atoms with Crippen molar-refractivity contribution in [3.63, 3.8) is 0 Å². The summed E-state index contributed by atoms with van der Waals surface area (Å²) < 4.78 is 0. The van der Waals surface area contributed by atoms with Crippen molar-refractivity contribution in [2.45, 2.75) is 39.2 Å². The Balaban J connectivity index is 2.49. The molecule has 0 aromatic rings. The summed E-state index contributed by atoms with van der Waals surface area (Å²) in [6.45, 7) is 6.45. The van der Waals surface area contributed by atoms with Crippen molar-refractivity contribution in [3.05, 3.63) is 12.2 Å². The standard InChI is InChI=1S/C12H21NO2/c1-3-7-13(8-4-2)11-6-5-10(9-11)12(14)15/h5-6,10-11H,3-4,7-9H2,1-2H3,(H,14,15). The fourth-order valence-corrected chi connectivity index (χ4v) is 2.15. The first-order valence-electron chi connectivity index (χ1n) is 5.84. The van der Waals surface area contributed by atoms with E-state index in [-0.39, 0.29) is 5.92 Å². The van der Waals surface area contributed by atoms with Crippen LogP contribution in [0.15, 0.2) is 12.2 Å². The van der Waals surface area contributed by atoms with Crippen LogP contribution in [0.5, 0.6) is 0 Å². The highest BCUT2D eigenvalue weighted by Crippen LogP contribution is 2.22. The van der Waals surface area contributed by atoms with Crippen LogP contribution in [0, 0.1) is 5.92 Å². The Morgan fingerprint density at radius 1 is 1.33 bits per heavy atom. The molecule has 0 aliphatic heterocycles. The van der Waals surface area contributed by atoms with E-state index in [0.29, 0.717) is 6.04 Å². The number of rotatable bonds is 6. The minimum atomic E-state index is -0.693. The van der Waals surface area contributed by atoms with Crippen molar-refractivity contribution in [1.82, 2.24) is 4.90 Å². The number of nitrogens with zero attached hydrogens (tertiary/aromatic N) is 1. The van der Waals surface area contributed by atoms with Gasteiger partial charge in [-0.1, -0.05) is 26.0 Å². The van der Waals surface area contributed by atoms with Gasteiger partial charge in [-0.15, -0.1) is 0 Å². The monoisotopic (exact) mass is 211 g/mol. The molecular weight excluding hydrogens is 190 g/mol. The summed E-state index contributed by atoms with van der Waals surface area (Å²) in [5, 5.41) is 8.90. The SMILES string of the molecule is CCCN(CCC)C1C=CC(C(=O)O)C1. The third-order valence-corrected chi connectivity index (χ3v) is 2.87. The Morgan fingerprint density at radius 2 is 1.93 bits per heavy atom. The lowest BCUT2D eigenvalue weighted by Crippen LogP contribution is -2.35. The summed E-state index contributed by atoms with van der Waals surface area (Å²) in [5.74, 6) is -0.965. The Morgan fingerprint density at radius 3 is 2.33 bits per heavy atom. The smallest absolute Gasteiger partial charge is 0.310 e. The van der Waals surface area contributed by atoms with Crippen molar-refractivity contribution in [1.29, 1.82) is 0 Å². The molecule has 0 amide bonds. The molecule has 0 fully saturated rings.